The standard InChI is InChI=1S/C16H25N3/c1-2-16(8-9-16)13-18-14-6-11-19(12-7-14)15-5-3-4-10-17-15/h3-5,10,14,18H,2,6-9,11-13H2,1H3. The quantitative estimate of drug-likeness (QED) is 0.881. The molecule has 3 heteroatoms. The fourth-order valence-corrected chi connectivity index (χ4v) is 3.05. The third-order valence-electron chi connectivity index (χ3n) is 4.94. The Balaban J connectivity index is 1.45. The van der Waals surface area contributed by atoms with Crippen molar-refractivity contribution in [2.45, 2.75) is 45.1 Å². The fraction of sp³-hybridized carbons (Fsp3) is 0.688. The van der Waals surface area contributed by atoms with Gasteiger partial charge in [-0.25, -0.2) is 4.98 Å². The summed E-state index contributed by atoms with van der Waals surface area (Å²) in [5.41, 5.74) is 0.665. The zero-order valence-corrected chi connectivity index (χ0v) is 11.9. The largest absolute Gasteiger partial charge is 0.357 e. The number of nitrogens with zero attached hydrogens (tertiary/aromatic N) is 2. The second-order valence-electron chi connectivity index (χ2n) is 6.18. The number of pyridine rings is 1. The van der Waals surface area contributed by atoms with Crippen molar-refractivity contribution >= 4 is 5.82 Å². The van der Waals surface area contributed by atoms with E-state index in [1.807, 2.05) is 12.3 Å². The average molecular weight is 259 g/mol. The van der Waals surface area contributed by atoms with Gasteiger partial charge in [-0.2, -0.15) is 0 Å². The molecule has 1 N–H and O–H groups in total. The van der Waals surface area contributed by atoms with E-state index in [2.05, 4.69) is 34.3 Å². The Labute approximate surface area is 116 Å². The molecule has 0 amide bonds. The van der Waals surface area contributed by atoms with Crippen molar-refractivity contribution < 1.29 is 0 Å². The second kappa shape index (κ2) is 5.49. The molecule has 1 aromatic heterocycles. The van der Waals surface area contributed by atoms with Gasteiger partial charge in [-0.15, -0.1) is 0 Å². The molecule has 2 aliphatic rings. The Hall–Kier alpha value is -1.09. The van der Waals surface area contributed by atoms with Gasteiger partial charge in [0.15, 0.2) is 0 Å². The van der Waals surface area contributed by atoms with E-state index in [4.69, 9.17) is 0 Å². The number of aromatic nitrogens is 1. The summed E-state index contributed by atoms with van der Waals surface area (Å²) in [6, 6.07) is 6.89. The minimum Gasteiger partial charge on any atom is -0.357 e. The van der Waals surface area contributed by atoms with Crippen LogP contribution >= 0.6 is 0 Å². The first-order valence-electron chi connectivity index (χ1n) is 7.71. The second-order valence-corrected chi connectivity index (χ2v) is 6.18. The minimum absolute atomic E-state index is 0.665. The minimum atomic E-state index is 0.665. The lowest BCUT2D eigenvalue weighted by Gasteiger charge is -2.34. The molecule has 104 valence electrons. The van der Waals surface area contributed by atoms with Gasteiger partial charge in [-0.05, 0) is 49.7 Å². The summed E-state index contributed by atoms with van der Waals surface area (Å²) in [5, 5.41) is 3.80. The van der Waals surface area contributed by atoms with Crippen molar-refractivity contribution in [2.24, 2.45) is 5.41 Å². The maximum Gasteiger partial charge on any atom is 0.128 e. The first-order chi connectivity index (χ1) is 9.31. The third-order valence-corrected chi connectivity index (χ3v) is 4.94. The van der Waals surface area contributed by atoms with Crippen LogP contribution in [0.2, 0.25) is 0 Å². The van der Waals surface area contributed by atoms with E-state index in [0.29, 0.717) is 11.5 Å². The first kappa shape index (κ1) is 12.9. The molecule has 2 fully saturated rings. The van der Waals surface area contributed by atoms with Gasteiger partial charge in [0, 0.05) is 31.9 Å². The Morgan fingerprint density at radius 2 is 2.11 bits per heavy atom. The van der Waals surface area contributed by atoms with E-state index in [-0.39, 0.29) is 0 Å². The van der Waals surface area contributed by atoms with Crippen molar-refractivity contribution in [3.05, 3.63) is 24.4 Å². The summed E-state index contributed by atoms with van der Waals surface area (Å²) in [6.07, 6.45) is 8.59. The first-order valence-corrected chi connectivity index (χ1v) is 7.71. The molecular formula is C16H25N3. The van der Waals surface area contributed by atoms with Gasteiger partial charge in [0.25, 0.3) is 0 Å². The van der Waals surface area contributed by atoms with E-state index in [0.717, 1.165) is 18.9 Å². The van der Waals surface area contributed by atoms with Crippen molar-refractivity contribution in [1.82, 2.24) is 10.3 Å². The molecule has 1 aliphatic heterocycles. The zero-order chi connectivity index (χ0) is 13.1. The SMILES string of the molecule is CCC1(CNC2CCN(c3ccccn3)CC2)CC1. The van der Waals surface area contributed by atoms with E-state index in [1.54, 1.807) is 0 Å². The van der Waals surface area contributed by atoms with E-state index < -0.39 is 0 Å². The molecule has 0 bridgehead atoms. The van der Waals surface area contributed by atoms with Crippen LogP contribution in [-0.4, -0.2) is 30.7 Å². The van der Waals surface area contributed by atoms with Gasteiger partial charge >= 0.3 is 0 Å². The molecule has 1 aliphatic carbocycles. The molecule has 0 aromatic carbocycles. The highest BCUT2D eigenvalue weighted by Gasteiger charge is 2.40. The van der Waals surface area contributed by atoms with Gasteiger partial charge < -0.3 is 10.2 Å². The van der Waals surface area contributed by atoms with Crippen molar-refractivity contribution in [2.75, 3.05) is 24.5 Å². The lowest BCUT2D eigenvalue weighted by Crippen LogP contribution is -2.44. The molecule has 0 spiro atoms. The summed E-state index contributed by atoms with van der Waals surface area (Å²) in [6.45, 7) is 5.83. The predicted molar refractivity (Wildman–Crippen MR) is 79.4 cm³/mol. The van der Waals surface area contributed by atoms with Crippen LogP contribution in [0.3, 0.4) is 0 Å². The van der Waals surface area contributed by atoms with Crippen LogP contribution in [0, 0.1) is 5.41 Å². The normalized spacial score (nSPS) is 22.5. The Bertz CT molecular complexity index is 392. The topological polar surface area (TPSA) is 28.2 Å². The monoisotopic (exact) mass is 259 g/mol. The molecule has 0 radical (unpaired) electrons. The Kier molecular flexibility index (Phi) is 3.74. The highest BCUT2D eigenvalue weighted by Crippen LogP contribution is 2.48. The van der Waals surface area contributed by atoms with Crippen LogP contribution in [0.4, 0.5) is 5.82 Å². The molecule has 3 rings (SSSR count). The van der Waals surface area contributed by atoms with Gasteiger partial charge in [0.1, 0.15) is 5.82 Å². The van der Waals surface area contributed by atoms with E-state index >= 15 is 0 Å². The lowest BCUT2D eigenvalue weighted by molar-refractivity contribution is 0.357. The maximum atomic E-state index is 4.44. The number of hydrogen-bond donors (Lipinski definition) is 1. The molecule has 19 heavy (non-hydrogen) atoms. The molecule has 1 aromatic rings. The summed E-state index contributed by atoms with van der Waals surface area (Å²) in [7, 11) is 0. The fourth-order valence-electron chi connectivity index (χ4n) is 3.05. The lowest BCUT2D eigenvalue weighted by atomic mass is 10.0. The van der Waals surface area contributed by atoms with E-state index in [9.17, 15) is 0 Å². The number of hydrogen-bond acceptors (Lipinski definition) is 3. The van der Waals surface area contributed by atoms with Crippen LogP contribution in [0.15, 0.2) is 24.4 Å². The zero-order valence-electron chi connectivity index (χ0n) is 11.9. The number of rotatable bonds is 5. The maximum absolute atomic E-state index is 4.44. The number of anilines is 1. The molecule has 0 atom stereocenters. The molecular weight excluding hydrogens is 234 g/mol. The van der Waals surface area contributed by atoms with Gasteiger partial charge in [0.2, 0.25) is 0 Å². The van der Waals surface area contributed by atoms with Crippen LogP contribution in [-0.2, 0) is 0 Å². The Morgan fingerprint density at radius 1 is 1.32 bits per heavy atom. The number of piperidine rings is 1. The Morgan fingerprint density at radius 3 is 2.68 bits per heavy atom. The van der Waals surface area contributed by atoms with Gasteiger partial charge in [0.05, 0.1) is 0 Å². The van der Waals surface area contributed by atoms with Crippen molar-refractivity contribution in [3.8, 4) is 0 Å². The van der Waals surface area contributed by atoms with Crippen LogP contribution in [0.1, 0.15) is 39.0 Å². The highest BCUT2D eigenvalue weighted by molar-refractivity contribution is 5.38. The number of nitrogens with one attached hydrogen (secondary N) is 1. The third kappa shape index (κ3) is 3.08. The van der Waals surface area contributed by atoms with Gasteiger partial charge in [-0.3, -0.25) is 0 Å². The highest BCUT2D eigenvalue weighted by atomic mass is 15.2. The molecule has 0 unspecified atom stereocenters. The van der Waals surface area contributed by atoms with Crippen LogP contribution in [0.25, 0.3) is 0 Å². The summed E-state index contributed by atoms with van der Waals surface area (Å²) < 4.78 is 0. The molecule has 3 nitrogen and oxygen atoms in total. The summed E-state index contributed by atoms with van der Waals surface area (Å²) in [4.78, 5) is 6.85. The summed E-state index contributed by atoms with van der Waals surface area (Å²) in [5.74, 6) is 1.13. The van der Waals surface area contributed by atoms with Crippen LogP contribution in [0.5, 0.6) is 0 Å². The molecule has 1 saturated heterocycles. The predicted octanol–water partition coefficient (Wildman–Crippen LogP) is 2.83. The van der Waals surface area contributed by atoms with Crippen LogP contribution < -0.4 is 10.2 Å². The average Bonchev–Trinajstić information content (AvgIpc) is 3.27. The molecule has 2 heterocycles. The van der Waals surface area contributed by atoms with Crippen molar-refractivity contribution in [1.29, 1.82) is 0 Å². The van der Waals surface area contributed by atoms with Crippen molar-refractivity contribution in [3.63, 3.8) is 0 Å². The van der Waals surface area contributed by atoms with E-state index in [1.165, 1.54) is 38.6 Å². The van der Waals surface area contributed by atoms with Gasteiger partial charge in [-0.1, -0.05) is 13.0 Å². The molecule has 1 saturated carbocycles. The smallest absolute Gasteiger partial charge is 0.128 e. The summed E-state index contributed by atoms with van der Waals surface area (Å²) >= 11 is 0.